The number of furan rings is 1. The Morgan fingerprint density at radius 1 is 0.377 bits per heavy atom. The zero-order valence-electron chi connectivity index (χ0n) is 46.4. The van der Waals surface area contributed by atoms with Crippen molar-refractivity contribution in [3.05, 3.63) is 322 Å². The van der Waals surface area contributed by atoms with Gasteiger partial charge in [-0.3, -0.25) is 0 Å². The molecule has 0 N–H and O–H groups in total. The molecule has 0 atom stereocenters. The Morgan fingerprint density at radius 3 is 1.51 bits per heavy atom. The van der Waals surface area contributed by atoms with Crippen molar-refractivity contribution in [3.8, 4) is 22.3 Å². The fraction of sp³-hybridized carbons (Fsp3) is 0.158. The largest absolute Gasteiger partial charge is 0.456 e. The molecule has 1 heterocycles. The van der Waals surface area contributed by atoms with Gasteiger partial charge in [0.15, 0.2) is 0 Å². The lowest BCUT2D eigenvalue weighted by Gasteiger charge is -2.34. The first-order chi connectivity index (χ1) is 37.5. The number of hydrogen-bond acceptors (Lipinski definition) is 1. The molecule has 0 spiro atoms. The predicted octanol–water partition coefficient (Wildman–Crippen LogP) is 21.1. The molecule has 0 saturated carbocycles. The van der Waals surface area contributed by atoms with Crippen LogP contribution >= 0.6 is 0 Å². The van der Waals surface area contributed by atoms with Crippen molar-refractivity contribution in [1.82, 2.24) is 0 Å². The quantitative estimate of drug-likeness (QED) is 0.167. The van der Waals surface area contributed by atoms with Crippen molar-refractivity contribution in [2.75, 3.05) is 0 Å². The average molecular weight is 1000 g/mol. The van der Waals surface area contributed by atoms with Crippen molar-refractivity contribution >= 4 is 32.7 Å². The molecule has 13 rings (SSSR count). The third kappa shape index (κ3) is 11.7. The van der Waals surface area contributed by atoms with E-state index in [4.69, 9.17) is 4.42 Å². The fourth-order valence-corrected chi connectivity index (χ4v) is 10.9. The number of benzene rings is 11. The lowest BCUT2D eigenvalue weighted by Crippen LogP contribution is -2.28. The van der Waals surface area contributed by atoms with Crippen LogP contribution in [0.4, 0.5) is 0 Å². The van der Waals surface area contributed by atoms with Crippen LogP contribution in [0.3, 0.4) is 0 Å². The third-order valence-corrected chi connectivity index (χ3v) is 15.1. The van der Waals surface area contributed by atoms with Gasteiger partial charge < -0.3 is 4.42 Å². The van der Waals surface area contributed by atoms with Crippen LogP contribution in [-0.2, 0) is 11.8 Å². The summed E-state index contributed by atoms with van der Waals surface area (Å²) < 4.78 is 5.79. The summed E-state index contributed by atoms with van der Waals surface area (Å²) in [6, 6.07) is 90.8. The number of rotatable bonds is 5. The molecular weight excluding hydrogens is 929 g/mol. The van der Waals surface area contributed by atoms with E-state index in [-0.39, 0.29) is 5.41 Å². The number of para-hydroxylation sites is 1. The molecule has 0 fully saturated rings. The molecular formula is C76H72O. The van der Waals surface area contributed by atoms with Crippen LogP contribution in [0.15, 0.2) is 259 Å². The Labute approximate surface area is 458 Å². The van der Waals surface area contributed by atoms with Gasteiger partial charge in [0.2, 0.25) is 0 Å². The van der Waals surface area contributed by atoms with Gasteiger partial charge in [0.05, 0.1) is 5.41 Å². The summed E-state index contributed by atoms with van der Waals surface area (Å²) in [5.74, 6) is 0.653. The first-order valence-electron chi connectivity index (χ1n) is 27.3. The molecule has 0 bridgehead atoms. The van der Waals surface area contributed by atoms with Crippen molar-refractivity contribution in [3.63, 3.8) is 0 Å². The van der Waals surface area contributed by atoms with Crippen LogP contribution in [0.1, 0.15) is 93.5 Å². The second kappa shape index (κ2) is 24.4. The van der Waals surface area contributed by atoms with E-state index in [9.17, 15) is 0 Å². The molecule has 12 aromatic rings. The van der Waals surface area contributed by atoms with Crippen molar-refractivity contribution in [1.29, 1.82) is 0 Å². The second-order valence-corrected chi connectivity index (χ2v) is 20.8. The van der Waals surface area contributed by atoms with E-state index in [1.807, 2.05) is 42.5 Å². The van der Waals surface area contributed by atoms with Crippen molar-refractivity contribution < 1.29 is 4.42 Å². The molecule has 0 radical (unpaired) electrons. The normalized spacial score (nSPS) is 11.7. The summed E-state index contributed by atoms with van der Waals surface area (Å²) in [5, 5.41) is 5.18. The Morgan fingerprint density at radius 2 is 0.922 bits per heavy atom. The van der Waals surface area contributed by atoms with Gasteiger partial charge in [0.25, 0.3) is 0 Å². The zero-order valence-corrected chi connectivity index (χ0v) is 46.4. The smallest absolute Gasteiger partial charge is 0.135 e. The number of aryl methyl sites for hydroxylation is 7. The Hall–Kier alpha value is -8.52. The van der Waals surface area contributed by atoms with Crippen LogP contribution < -0.4 is 0 Å². The molecule has 0 aliphatic heterocycles. The van der Waals surface area contributed by atoms with E-state index in [2.05, 4.69) is 275 Å². The van der Waals surface area contributed by atoms with Gasteiger partial charge in [0.1, 0.15) is 11.2 Å². The first kappa shape index (κ1) is 53.3. The zero-order chi connectivity index (χ0) is 53.9. The van der Waals surface area contributed by atoms with E-state index in [0.29, 0.717) is 5.92 Å². The van der Waals surface area contributed by atoms with Gasteiger partial charge >= 0.3 is 0 Å². The van der Waals surface area contributed by atoms with Gasteiger partial charge in [0, 0.05) is 10.8 Å². The molecule has 0 amide bonds. The molecule has 1 nitrogen and oxygen atoms in total. The van der Waals surface area contributed by atoms with Gasteiger partial charge in [-0.15, -0.1) is 0 Å². The van der Waals surface area contributed by atoms with Crippen LogP contribution in [0.2, 0.25) is 0 Å². The van der Waals surface area contributed by atoms with E-state index < -0.39 is 0 Å². The minimum Gasteiger partial charge on any atom is -0.456 e. The lowest BCUT2D eigenvalue weighted by molar-refractivity contribution is 0.668. The van der Waals surface area contributed by atoms with Gasteiger partial charge in [-0.05, 0) is 149 Å². The van der Waals surface area contributed by atoms with E-state index in [1.54, 1.807) is 0 Å². The maximum Gasteiger partial charge on any atom is 0.135 e. The lowest BCUT2D eigenvalue weighted by atomic mass is 9.67. The average Bonchev–Trinajstić information content (AvgIpc) is 4.11. The topological polar surface area (TPSA) is 13.1 Å². The molecule has 1 heteroatoms. The highest BCUT2D eigenvalue weighted by molar-refractivity contribution is 6.07. The van der Waals surface area contributed by atoms with E-state index in [1.165, 1.54) is 111 Å². The van der Waals surface area contributed by atoms with Crippen LogP contribution in [-0.4, -0.2) is 0 Å². The van der Waals surface area contributed by atoms with Crippen molar-refractivity contribution in [2.24, 2.45) is 0 Å². The van der Waals surface area contributed by atoms with Crippen LogP contribution in [0, 0.1) is 41.5 Å². The monoisotopic (exact) mass is 1000 g/mol. The van der Waals surface area contributed by atoms with Gasteiger partial charge in [-0.2, -0.15) is 0 Å². The summed E-state index contributed by atoms with van der Waals surface area (Å²) in [6.07, 6.45) is 1.04. The Kier molecular flexibility index (Phi) is 16.9. The summed E-state index contributed by atoms with van der Waals surface area (Å²) >= 11 is 0. The van der Waals surface area contributed by atoms with E-state index >= 15 is 0 Å². The first-order valence-corrected chi connectivity index (χ1v) is 27.3. The molecule has 11 aromatic carbocycles. The Bertz CT molecular complexity index is 3820. The summed E-state index contributed by atoms with van der Waals surface area (Å²) in [4.78, 5) is 0. The van der Waals surface area contributed by atoms with Crippen LogP contribution in [0.5, 0.6) is 0 Å². The number of hydrogen-bond donors (Lipinski definition) is 0. The highest BCUT2D eigenvalue weighted by Crippen LogP contribution is 2.58. The summed E-state index contributed by atoms with van der Waals surface area (Å²) in [5.41, 5.74) is 23.2. The molecule has 1 aliphatic carbocycles. The summed E-state index contributed by atoms with van der Waals surface area (Å²) in [6.45, 7) is 19.6. The second-order valence-electron chi connectivity index (χ2n) is 20.8. The van der Waals surface area contributed by atoms with Gasteiger partial charge in [-0.25, -0.2) is 0 Å². The molecule has 0 saturated heterocycles. The molecule has 1 aliphatic rings. The summed E-state index contributed by atoms with van der Waals surface area (Å²) in [7, 11) is 0. The van der Waals surface area contributed by atoms with Gasteiger partial charge in [-0.1, -0.05) is 280 Å². The minimum absolute atomic E-state index is 0.325. The molecule has 1 aromatic heterocycles. The molecule has 77 heavy (non-hydrogen) atoms. The third-order valence-electron chi connectivity index (χ3n) is 15.1. The molecule has 382 valence electrons. The number of fused-ring (bicyclic) bond motifs is 8. The predicted molar refractivity (Wildman–Crippen MR) is 332 cm³/mol. The SMILES string of the molecule is CCc1cccc2oc3ccccc3c12.Cc1ccc(-c2ccccc2)cc1C.Cc1ccc2c(c1)C(c1ccccc1)(c1ccccc1)c1cc(C)c3ccccc3c1-2.Cc1cccc(C(C)C)c1.Cc1ccccc1. The fourth-order valence-electron chi connectivity index (χ4n) is 10.9. The maximum atomic E-state index is 5.79. The maximum absolute atomic E-state index is 5.79. The highest BCUT2D eigenvalue weighted by atomic mass is 16.3. The van der Waals surface area contributed by atoms with Crippen molar-refractivity contribution in [2.45, 2.75) is 80.1 Å². The Balaban J connectivity index is 0.000000131. The van der Waals surface area contributed by atoms with Crippen LogP contribution in [0.25, 0.3) is 55.0 Å². The molecule has 0 unspecified atom stereocenters. The van der Waals surface area contributed by atoms with E-state index in [0.717, 1.165) is 17.6 Å². The minimum atomic E-state index is -0.325. The standard InChI is InChI=1S/C31H24.C14H12O.C14H14.C10H14.C7H8/c1-21-17-18-27-28(19-21)31(23-11-5-3-6-12-23,24-13-7-4-8-14-24)29-20-22(2)25-15-9-10-16-26(25)30(27)29;1-2-10-6-5-9-13-14(10)11-7-3-4-8-12(11)15-13;1-11-8-9-14(10-12(11)2)13-6-4-3-5-7-13;1-8(2)10-6-4-5-9(3)7-10;1-7-5-3-2-4-6-7/h3-20H,1-2H3;3-9H,2H2,1H3;3-10H,1-2H3;4-8H,1-3H3;2-6H,1H3. The highest BCUT2D eigenvalue weighted by Gasteiger charge is 2.47.